The van der Waals surface area contributed by atoms with Crippen LogP contribution in [0.25, 0.3) is 0 Å². The first kappa shape index (κ1) is 34.0. The largest absolute Gasteiger partial charge is 0.490 e. The van der Waals surface area contributed by atoms with E-state index in [4.69, 9.17) is 24.5 Å². The van der Waals surface area contributed by atoms with Crippen molar-refractivity contribution in [2.24, 2.45) is 5.92 Å². The highest BCUT2D eigenvalue weighted by Gasteiger charge is 2.48. The van der Waals surface area contributed by atoms with Crippen molar-refractivity contribution >= 4 is 17.8 Å². The normalized spacial score (nSPS) is 20.0. The van der Waals surface area contributed by atoms with Crippen LogP contribution in [0.4, 0.5) is 26.3 Å². The highest BCUT2D eigenvalue weighted by molar-refractivity contribution is 5.94. The van der Waals surface area contributed by atoms with Gasteiger partial charge in [0.2, 0.25) is 5.91 Å². The molecule has 2 N–H and O–H groups in total. The summed E-state index contributed by atoms with van der Waals surface area (Å²) >= 11 is 0. The van der Waals surface area contributed by atoms with Crippen molar-refractivity contribution in [1.29, 1.82) is 0 Å². The third kappa shape index (κ3) is 11.3. The number of ether oxygens (including phenoxy) is 1. The minimum absolute atomic E-state index is 0.0662. The number of carboxylic acids is 2. The number of likely N-dealkylation sites (tertiary alicyclic amines) is 1. The number of nitrogens with zero attached hydrogens (tertiary/aromatic N) is 3. The number of aromatic nitrogens is 1. The Morgan fingerprint density at radius 1 is 1.10 bits per heavy atom. The Bertz CT molecular complexity index is 1020. The predicted molar refractivity (Wildman–Crippen MR) is 132 cm³/mol. The minimum Gasteiger partial charge on any atom is -0.475 e. The van der Waals surface area contributed by atoms with E-state index in [1.54, 1.807) is 0 Å². The Balaban J connectivity index is 0.000000349. The molecular formula is C26H33F6N3O6. The quantitative estimate of drug-likeness (QED) is 0.483. The number of carbonyl (C=O) groups is 3. The topological polar surface area (TPSA) is 120 Å². The number of rotatable bonds is 5. The molecule has 9 nitrogen and oxygen atoms in total. The van der Waals surface area contributed by atoms with Gasteiger partial charge in [-0.25, -0.2) is 9.59 Å². The first-order chi connectivity index (χ1) is 19.0. The zero-order valence-electron chi connectivity index (χ0n) is 22.4. The molecule has 15 heteroatoms. The zero-order chi connectivity index (χ0) is 30.8. The van der Waals surface area contributed by atoms with Crippen LogP contribution in [0.5, 0.6) is 0 Å². The Labute approximate surface area is 232 Å². The third-order valence-electron chi connectivity index (χ3n) is 6.67. The Kier molecular flexibility index (Phi) is 12.1. The van der Waals surface area contributed by atoms with E-state index in [0.29, 0.717) is 5.92 Å². The van der Waals surface area contributed by atoms with Crippen LogP contribution in [0, 0.1) is 5.92 Å². The summed E-state index contributed by atoms with van der Waals surface area (Å²) < 4.78 is 69.8. The maximum Gasteiger partial charge on any atom is 0.490 e. The van der Waals surface area contributed by atoms with Crippen molar-refractivity contribution in [2.75, 3.05) is 33.3 Å². The molecule has 1 atom stereocenters. The number of amides is 1. The number of hydrogen-bond acceptors (Lipinski definition) is 6. The maximum atomic E-state index is 12.6. The van der Waals surface area contributed by atoms with Gasteiger partial charge in [-0.05, 0) is 63.1 Å². The van der Waals surface area contributed by atoms with Gasteiger partial charge in [-0.2, -0.15) is 26.3 Å². The van der Waals surface area contributed by atoms with Crippen molar-refractivity contribution in [3.8, 4) is 0 Å². The molecule has 0 aromatic carbocycles. The first-order valence-corrected chi connectivity index (χ1v) is 12.8. The molecule has 0 saturated carbocycles. The van der Waals surface area contributed by atoms with E-state index in [1.165, 1.54) is 18.4 Å². The molecule has 1 aromatic heterocycles. The fourth-order valence-electron chi connectivity index (χ4n) is 4.65. The first-order valence-electron chi connectivity index (χ1n) is 12.8. The second-order valence-electron chi connectivity index (χ2n) is 10.2. The van der Waals surface area contributed by atoms with Crippen LogP contribution >= 0.6 is 0 Å². The molecule has 2 aliphatic heterocycles. The number of aliphatic carboxylic acids is 2. The van der Waals surface area contributed by atoms with Crippen LogP contribution in [0.15, 0.2) is 36.2 Å². The van der Waals surface area contributed by atoms with Crippen molar-refractivity contribution < 1.29 is 55.7 Å². The molecule has 1 unspecified atom stereocenters. The van der Waals surface area contributed by atoms with Crippen LogP contribution in [0.2, 0.25) is 0 Å². The molecule has 1 aromatic rings. The number of allylic oxidation sites excluding steroid dienone is 1. The second-order valence-corrected chi connectivity index (χ2v) is 10.2. The summed E-state index contributed by atoms with van der Waals surface area (Å²) in [7, 11) is 2.17. The fraction of sp³-hybridized carbons (Fsp3) is 0.615. The van der Waals surface area contributed by atoms with Crippen LogP contribution in [0.3, 0.4) is 0 Å². The number of hydrogen-bond donors (Lipinski definition) is 2. The number of carboxylic acid groups (broad SMARTS) is 2. The van der Waals surface area contributed by atoms with Crippen molar-refractivity contribution in [3.63, 3.8) is 0 Å². The molecule has 1 amide bonds. The summed E-state index contributed by atoms with van der Waals surface area (Å²) in [6, 6.07) is 4.11. The monoisotopic (exact) mass is 597 g/mol. The number of alkyl halides is 6. The molecule has 3 aliphatic rings. The molecular weight excluding hydrogens is 564 g/mol. The van der Waals surface area contributed by atoms with E-state index in [-0.39, 0.29) is 11.5 Å². The van der Waals surface area contributed by atoms with E-state index >= 15 is 0 Å². The lowest BCUT2D eigenvalue weighted by molar-refractivity contribution is -0.193. The second kappa shape index (κ2) is 14.6. The molecule has 230 valence electrons. The zero-order valence-corrected chi connectivity index (χ0v) is 22.4. The maximum absolute atomic E-state index is 12.6. The van der Waals surface area contributed by atoms with Gasteiger partial charge in [0.05, 0.1) is 19.7 Å². The van der Waals surface area contributed by atoms with E-state index < -0.39 is 24.3 Å². The summed E-state index contributed by atoms with van der Waals surface area (Å²) in [4.78, 5) is 38.9. The van der Waals surface area contributed by atoms with Gasteiger partial charge in [0.15, 0.2) is 0 Å². The lowest BCUT2D eigenvalue weighted by Crippen LogP contribution is -2.66. The van der Waals surface area contributed by atoms with Crippen molar-refractivity contribution in [1.82, 2.24) is 14.8 Å². The van der Waals surface area contributed by atoms with E-state index in [0.717, 1.165) is 64.0 Å². The summed E-state index contributed by atoms with van der Waals surface area (Å²) in [6.45, 7) is 4.33. The van der Waals surface area contributed by atoms with Gasteiger partial charge in [0.25, 0.3) is 0 Å². The minimum atomic E-state index is -5.08. The highest BCUT2D eigenvalue weighted by Crippen LogP contribution is 2.37. The number of halogens is 6. The molecule has 3 heterocycles. The van der Waals surface area contributed by atoms with Gasteiger partial charge in [-0.1, -0.05) is 12.1 Å². The molecule has 2 saturated heterocycles. The summed E-state index contributed by atoms with van der Waals surface area (Å²) in [5.74, 6) is -4.69. The van der Waals surface area contributed by atoms with Crippen LogP contribution in [-0.4, -0.2) is 94.1 Å². The summed E-state index contributed by atoms with van der Waals surface area (Å²) in [6.07, 6.45) is 2.37. The molecule has 0 bridgehead atoms. The smallest absolute Gasteiger partial charge is 0.475 e. The van der Waals surface area contributed by atoms with E-state index in [2.05, 4.69) is 29.1 Å². The van der Waals surface area contributed by atoms with Gasteiger partial charge in [-0.3, -0.25) is 9.78 Å². The Hall–Kier alpha value is -3.20. The summed E-state index contributed by atoms with van der Waals surface area (Å²) in [5, 5.41) is 14.2. The molecule has 4 rings (SSSR count). The van der Waals surface area contributed by atoms with E-state index in [9.17, 15) is 31.1 Å². The van der Waals surface area contributed by atoms with Gasteiger partial charge in [0, 0.05) is 31.1 Å². The number of carbonyl (C=O) groups excluding carboxylic acids is 1. The van der Waals surface area contributed by atoms with Gasteiger partial charge >= 0.3 is 24.3 Å². The standard InChI is InChI=1S/C22H31N3O2.2C2HF3O2/c1-24(13-18-6-5-11-23-12-18)14-19-9-10-22(27-15-19)16-25(17-22)21(26)20-7-3-2-4-8-20;2*3-2(4,5)1(6)7/h5-7,11-12,19H,2-4,8-10,13-17H2,1H3;2*(H,6,7). The van der Waals surface area contributed by atoms with Gasteiger partial charge in [-0.15, -0.1) is 0 Å². The Morgan fingerprint density at radius 3 is 2.15 bits per heavy atom. The average Bonchev–Trinajstić information content (AvgIpc) is 2.88. The average molecular weight is 598 g/mol. The molecule has 41 heavy (non-hydrogen) atoms. The van der Waals surface area contributed by atoms with Crippen LogP contribution in [-0.2, 0) is 25.7 Å². The van der Waals surface area contributed by atoms with Crippen LogP contribution in [0.1, 0.15) is 44.1 Å². The molecule has 0 radical (unpaired) electrons. The SMILES string of the molecule is CN(Cc1cccnc1)CC1CCC2(CN(C(=O)C3=CCCCC3)C2)OC1.O=C(O)C(F)(F)F.O=C(O)C(F)(F)F. The van der Waals surface area contributed by atoms with Crippen LogP contribution < -0.4 is 0 Å². The molecule has 1 aliphatic carbocycles. The number of pyridine rings is 1. The molecule has 1 spiro atoms. The highest BCUT2D eigenvalue weighted by atomic mass is 19.4. The van der Waals surface area contributed by atoms with Gasteiger partial charge in [0.1, 0.15) is 5.60 Å². The van der Waals surface area contributed by atoms with E-state index in [1.807, 2.05) is 23.4 Å². The predicted octanol–water partition coefficient (Wildman–Crippen LogP) is 4.29. The van der Waals surface area contributed by atoms with Crippen molar-refractivity contribution in [3.05, 3.63) is 41.7 Å². The summed E-state index contributed by atoms with van der Waals surface area (Å²) in [5.41, 5.74) is 2.21. The third-order valence-corrected chi connectivity index (χ3v) is 6.67. The van der Waals surface area contributed by atoms with Crippen molar-refractivity contribution in [2.45, 2.75) is 63.0 Å². The lowest BCUT2D eigenvalue weighted by atomic mass is 9.82. The van der Waals surface area contributed by atoms with Gasteiger partial charge < -0.3 is 24.7 Å². The Morgan fingerprint density at radius 2 is 1.71 bits per heavy atom. The lowest BCUT2D eigenvalue weighted by Gasteiger charge is -2.53. The molecule has 2 fully saturated rings. The fourth-order valence-corrected chi connectivity index (χ4v) is 4.65.